The van der Waals surface area contributed by atoms with E-state index in [4.69, 9.17) is 4.79 Å². The maximum absolute atomic E-state index is 13.3. The van der Waals surface area contributed by atoms with Crippen molar-refractivity contribution in [3.63, 3.8) is 0 Å². The van der Waals surface area contributed by atoms with Gasteiger partial charge in [0.1, 0.15) is 6.79 Å². The Morgan fingerprint density at radius 3 is 2.00 bits per heavy atom. The number of aryl methyl sites for hydroxylation is 1. The van der Waals surface area contributed by atoms with Gasteiger partial charge in [0.05, 0.1) is 5.56 Å². The maximum Gasteiger partial charge on any atom is 0.416 e. The Morgan fingerprint density at radius 1 is 0.829 bits per heavy atom. The Morgan fingerprint density at radius 2 is 1.43 bits per heavy atom. The van der Waals surface area contributed by atoms with Crippen molar-refractivity contribution in [2.24, 2.45) is 0 Å². The molecule has 1 aliphatic heterocycles. The van der Waals surface area contributed by atoms with E-state index in [0.29, 0.717) is 31.7 Å². The summed E-state index contributed by atoms with van der Waals surface area (Å²) in [6.45, 7) is 12.2. The fraction of sp³-hybridized carbons (Fsp3) is 0.214. The van der Waals surface area contributed by atoms with Crippen LogP contribution in [-0.2, 0) is 11.0 Å². The average Bonchev–Trinajstić information content (AvgIpc) is 2.90. The van der Waals surface area contributed by atoms with Crippen LogP contribution in [0, 0.1) is 6.92 Å². The number of benzene rings is 3. The number of nitrogens with zero attached hydrogens (tertiary/aromatic N) is 2. The third-order valence-corrected chi connectivity index (χ3v) is 5.61. The van der Waals surface area contributed by atoms with Gasteiger partial charge in [-0.05, 0) is 48.4 Å². The molecule has 0 aliphatic carbocycles. The van der Waals surface area contributed by atoms with Gasteiger partial charge in [-0.25, -0.2) is 0 Å². The molecule has 0 saturated carbocycles. The molecular formula is C28H29F3N2O2. The number of hydrogen-bond donors (Lipinski definition) is 0. The van der Waals surface area contributed by atoms with Crippen LogP contribution in [0.1, 0.15) is 21.5 Å². The van der Waals surface area contributed by atoms with Gasteiger partial charge in [-0.3, -0.25) is 4.79 Å². The van der Waals surface area contributed by atoms with Gasteiger partial charge in [0, 0.05) is 37.4 Å². The first kappa shape index (κ1) is 27.4. The summed E-state index contributed by atoms with van der Waals surface area (Å²) >= 11 is 0. The monoisotopic (exact) mass is 482 g/mol. The summed E-state index contributed by atoms with van der Waals surface area (Å²) in [5, 5.41) is 0. The minimum absolute atomic E-state index is 0.0239. The van der Waals surface area contributed by atoms with Gasteiger partial charge in [-0.15, -0.1) is 13.2 Å². The Balaban J connectivity index is 0.00000103. The second-order valence-corrected chi connectivity index (χ2v) is 7.74. The van der Waals surface area contributed by atoms with Crippen molar-refractivity contribution in [2.45, 2.75) is 13.1 Å². The van der Waals surface area contributed by atoms with Gasteiger partial charge in [-0.1, -0.05) is 48.0 Å². The average molecular weight is 483 g/mol. The van der Waals surface area contributed by atoms with Crippen molar-refractivity contribution in [2.75, 3.05) is 31.1 Å². The van der Waals surface area contributed by atoms with Gasteiger partial charge in [-0.2, -0.15) is 13.2 Å². The SMILES string of the molecule is C=C.C=O.Cc1cccc(-c2ccccc2C(=O)N2CCN(c3ccc(C(F)(F)F)cc3)CC2)c1. The number of piperazine rings is 1. The Labute approximate surface area is 204 Å². The van der Waals surface area contributed by atoms with Crippen molar-refractivity contribution < 1.29 is 22.8 Å². The summed E-state index contributed by atoms with van der Waals surface area (Å²) in [4.78, 5) is 25.1. The number of halogens is 3. The molecule has 0 bridgehead atoms. The standard InChI is InChI=1S/C25H23F3N2O.C2H4.CH2O/c1-18-5-4-6-19(17-18)22-7-2-3-8-23(22)24(31)30-15-13-29(14-16-30)21-11-9-20(10-12-21)25(26,27)28;2*1-2/h2-12,17H,13-16H2,1H3;1-2H2;1H2. The highest BCUT2D eigenvalue weighted by molar-refractivity contribution is 6.01. The van der Waals surface area contributed by atoms with E-state index in [9.17, 15) is 18.0 Å². The number of hydrogen-bond acceptors (Lipinski definition) is 3. The molecule has 0 atom stereocenters. The number of carbonyl (C=O) groups excluding carboxylic acids is 2. The predicted octanol–water partition coefficient (Wildman–Crippen LogP) is 6.26. The van der Waals surface area contributed by atoms with E-state index in [1.165, 1.54) is 12.1 Å². The molecule has 4 nitrogen and oxygen atoms in total. The molecule has 1 aliphatic rings. The molecular weight excluding hydrogens is 453 g/mol. The van der Waals surface area contributed by atoms with Crippen LogP contribution in [0.4, 0.5) is 18.9 Å². The number of amides is 1. The lowest BCUT2D eigenvalue weighted by Gasteiger charge is -2.36. The molecule has 0 spiro atoms. The van der Waals surface area contributed by atoms with Gasteiger partial charge >= 0.3 is 6.18 Å². The predicted molar refractivity (Wildman–Crippen MR) is 135 cm³/mol. The van der Waals surface area contributed by atoms with Crippen molar-refractivity contribution in [1.82, 2.24) is 4.90 Å². The quantitative estimate of drug-likeness (QED) is 0.414. The fourth-order valence-electron chi connectivity index (χ4n) is 3.93. The number of rotatable bonds is 3. The minimum Gasteiger partial charge on any atom is -0.368 e. The lowest BCUT2D eigenvalue weighted by Crippen LogP contribution is -2.48. The highest BCUT2D eigenvalue weighted by Crippen LogP contribution is 2.31. The van der Waals surface area contributed by atoms with Crippen LogP contribution < -0.4 is 4.90 Å². The normalized spacial score (nSPS) is 13.1. The van der Waals surface area contributed by atoms with E-state index in [0.717, 1.165) is 34.5 Å². The molecule has 0 aromatic heterocycles. The largest absolute Gasteiger partial charge is 0.416 e. The third kappa shape index (κ3) is 6.82. The lowest BCUT2D eigenvalue weighted by molar-refractivity contribution is -0.137. The molecule has 4 rings (SSSR count). The zero-order valence-electron chi connectivity index (χ0n) is 19.7. The molecule has 3 aromatic rings. The van der Waals surface area contributed by atoms with E-state index in [-0.39, 0.29) is 5.91 Å². The van der Waals surface area contributed by atoms with Crippen LogP contribution in [0.3, 0.4) is 0 Å². The molecule has 184 valence electrons. The van der Waals surface area contributed by atoms with Crippen LogP contribution in [0.5, 0.6) is 0 Å². The highest BCUT2D eigenvalue weighted by Gasteiger charge is 2.30. The summed E-state index contributed by atoms with van der Waals surface area (Å²) in [6, 6.07) is 20.9. The van der Waals surface area contributed by atoms with Gasteiger partial charge in [0.15, 0.2) is 0 Å². The zero-order chi connectivity index (χ0) is 26.0. The van der Waals surface area contributed by atoms with Crippen LogP contribution in [-0.4, -0.2) is 43.8 Å². The van der Waals surface area contributed by atoms with Gasteiger partial charge in [0.25, 0.3) is 5.91 Å². The molecule has 7 heteroatoms. The Hall–Kier alpha value is -3.87. The summed E-state index contributed by atoms with van der Waals surface area (Å²) in [5.74, 6) is -0.0239. The number of carbonyl (C=O) groups is 2. The van der Waals surface area contributed by atoms with E-state index in [1.54, 1.807) is 0 Å². The summed E-state index contributed by atoms with van der Waals surface area (Å²) in [7, 11) is 0. The van der Waals surface area contributed by atoms with E-state index in [2.05, 4.69) is 19.2 Å². The maximum atomic E-state index is 13.3. The summed E-state index contributed by atoms with van der Waals surface area (Å²) < 4.78 is 38.3. The summed E-state index contributed by atoms with van der Waals surface area (Å²) in [5.41, 5.74) is 3.78. The number of alkyl halides is 3. The number of anilines is 1. The third-order valence-electron chi connectivity index (χ3n) is 5.61. The van der Waals surface area contributed by atoms with Crippen LogP contribution in [0.15, 0.2) is 86.0 Å². The summed E-state index contributed by atoms with van der Waals surface area (Å²) in [6.07, 6.45) is -4.34. The van der Waals surface area contributed by atoms with E-state index < -0.39 is 11.7 Å². The fourth-order valence-corrected chi connectivity index (χ4v) is 3.93. The molecule has 1 heterocycles. The van der Waals surface area contributed by atoms with Crippen LogP contribution in [0.25, 0.3) is 11.1 Å². The molecule has 0 radical (unpaired) electrons. The van der Waals surface area contributed by atoms with Crippen LogP contribution in [0.2, 0.25) is 0 Å². The molecule has 1 saturated heterocycles. The lowest BCUT2D eigenvalue weighted by atomic mass is 9.97. The Bertz CT molecular complexity index is 1100. The molecule has 35 heavy (non-hydrogen) atoms. The molecule has 3 aromatic carbocycles. The smallest absolute Gasteiger partial charge is 0.368 e. The van der Waals surface area contributed by atoms with Crippen molar-refractivity contribution in [1.29, 1.82) is 0 Å². The van der Waals surface area contributed by atoms with E-state index >= 15 is 0 Å². The van der Waals surface area contributed by atoms with Crippen molar-refractivity contribution in [3.8, 4) is 11.1 Å². The van der Waals surface area contributed by atoms with Gasteiger partial charge in [0.2, 0.25) is 0 Å². The van der Waals surface area contributed by atoms with Crippen molar-refractivity contribution in [3.05, 3.63) is 103 Å². The topological polar surface area (TPSA) is 40.6 Å². The minimum atomic E-state index is -4.34. The molecule has 0 unspecified atom stereocenters. The Kier molecular flexibility index (Phi) is 9.82. The molecule has 0 N–H and O–H groups in total. The highest BCUT2D eigenvalue weighted by atomic mass is 19.4. The zero-order valence-corrected chi connectivity index (χ0v) is 19.7. The van der Waals surface area contributed by atoms with Gasteiger partial charge < -0.3 is 14.6 Å². The first-order chi connectivity index (χ1) is 16.8. The first-order valence-corrected chi connectivity index (χ1v) is 11.0. The van der Waals surface area contributed by atoms with E-state index in [1.807, 2.05) is 66.0 Å². The molecule has 1 fully saturated rings. The second kappa shape index (κ2) is 12.6. The molecule has 1 amide bonds. The van der Waals surface area contributed by atoms with Crippen molar-refractivity contribution >= 4 is 18.4 Å². The second-order valence-electron chi connectivity index (χ2n) is 7.74. The first-order valence-electron chi connectivity index (χ1n) is 11.0. The van der Waals surface area contributed by atoms with Crippen LogP contribution >= 0.6 is 0 Å².